The molecule has 0 aromatic carbocycles. The molecule has 16 heavy (non-hydrogen) atoms. The number of rotatable bonds is 4. The maximum atomic E-state index is 11.7. The van der Waals surface area contributed by atoms with Gasteiger partial charge in [-0.1, -0.05) is 13.8 Å². The highest BCUT2D eigenvalue weighted by Crippen LogP contribution is 2.23. The number of nitrogens with one attached hydrogen (secondary N) is 2. The third-order valence-corrected chi connectivity index (χ3v) is 3.32. The summed E-state index contributed by atoms with van der Waals surface area (Å²) in [4.78, 5) is 11.7. The van der Waals surface area contributed by atoms with Crippen molar-refractivity contribution in [2.24, 2.45) is 11.8 Å². The number of hydrogen-bond acceptors (Lipinski definition) is 2. The molecule has 1 amide bonds. The van der Waals surface area contributed by atoms with Crippen LogP contribution in [0.5, 0.6) is 0 Å². The molecule has 0 saturated heterocycles. The van der Waals surface area contributed by atoms with E-state index in [0.717, 1.165) is 25.3 Å². The molecule has 0 spiro atoms. The summed E-state index contributed by atoms with van der Waals surface area (Å²) in [6, 6.07) is 0.424. The first-order valence-electron chi connectivity index (χ1n) is 6.08. The minimum Gasteiger partial charge on any atom is -0.353 e. The van der Waals surface area contributed by atoms with Gasteiger partial charge in [0.1, 0.15) is 0 Å². The molecule has 4 heteroatoms. The Hall–Kier alpha value is -0.280. The Balaban J connectivity index is 0.00000225. The highest BCUT2D eigenvalue weighted by molar-refractivity contribution is 5.85. The zero-order valence-electron chi connectivity index (χ0n) is 10.6. The first-order valence-corrected chi connectivity index (χ1v) is 6.08. The minimum absolute atomic E-state index is 0. The normalized spacial score (nSPS) is 26.7. The van der Waals surface area contributed by atoms with Gasteiger partial charge in [-0.3, -0.25) is 4.79 Å². The van der Waals surface area contributed by atoms with Crippen molar-refractivity contribution in [2.45, 2.75) is 45.6 Å². The Labute approximate surface area is 105 Å². The average Bonchev–Trinajstić information content (AvgIpc) is 2.22. The fraction of sp³-hybridized carbons (Fsp3) is 0.917. The van der Waals surface area contributed by atoms with Gasteiger partial charge in [-0.2, -0.15) is 0 Å². The van der Waals surface area contributed by atoms with Crippen molar-refractivity contribution in [2.75, 3.05) is 13.6 Å². The van der Waals surface area contributed by atoms with Crippen LogP contribution in [0.1, 0.15) is 39.5 Å². The number of hydrogen-bond donors (Lipinski definition) is 2. The Morgan fingerprint density at radius 2 is 1.88 bits per heavy atom. The quantitative estimate of drug-likeness (QED) is 0.799. The van der Waals surface area contributed by atoms with Gasteiger partial charge in [-0.15, -0.1) is 12.4 Å². The number of carbonyl (C=O) groups excluding carboxylic acids is 1. The van der Waals surface area contributed by atoms with Crippen LogP contribution in [-0.2, 0) is 4.79 Å². The van der Waals surface area contributed by atoms with Gasteiger partial charge < -0.3 is 10.6 Å². The summed E-state index contributed by atoms with van der Waals surface area (Å²) in [7, 11) is 1.88. The lowest BCUT2D eigenvalue weighted by Crippen LogP contribution is -2.42. The largest absolute Gasteiger partial charge is 0.353 e. The highest BCUT2D eigenvalue weighted by atomic mass is 35.5. The molecule has 1 unspecified atom stereocenters. The number of amides is 1. The number of carbonyl (C=O) groups is 1. The lowest BCUT2D eigenvalue weighted by Gasteiger charge is -2.27. The van der Waals surface area contributed by atoms with Crippen molar-refractivity contribution in [1.29, 1.82) is 0 Å². The van der Waals surface area contributed by atoms with Crippen LogP contribution in [0.2, 0.25) is 0 Å². The van der Waals surface area contributed by atoms with E-state index in [9.17, 15) is 4.79 Å². The second-order valence-electron chi connectivity index (χ2n) is 4.92. The minimum atomic E-state index is 0. The summed E-state index contributed by atoms with van der Waals surface area (Å²) in [5, 5.41) is 6.18. The van der Waals surface area contributed by atoms with Gasteiger partial charge >= 0.3 is 0 Å². The molecular weight excluding hydrogens is 224 g/mol. The molecule has 0 aromatic heterocycles. The van der Waals surface area contributed by atoms with Gasteiger partial charge in [0.05, 0.1) is 0 Å². The van der Waals surface area contributed by atoms with Crippen LogP contribution in [-0.4, -0.2) is 25.5 Å². The third-order valence-electron chi connectivity index (χ3n) is 3.32. The molecule has 0 heterocycles. The van der Waals surface area contributed by atoms with Crippen molar-refractivity contribution in [1.82, 2.24) is 10.6 Å². The lowest BCUT2D eigenvalue weighted by molar-refractivity contribution is -0.125. The maximum Gasteiger partial charge on any atom is 0.224 e. The maximum absolute atomic E-state index is 11.7. The van der Waals surface area contributed by atoms with Crippen LogP contribution in [0.3, 0.4) is 0 Å². The second-order valence-corrected chi connectivity index (χ2v) is 4.92. The van der Waals surface area contributed by atoms with E-state index in [0.29, 0.717) is 6.04 Å². The lowest BCUT2D eigenvalue weighted by atomic mass is 9.87. The van der Waals surface area contributed by atoms with Crippen molar-refractivity contribution in [3.63, 3.8) is 0 Å². The van der Waals surface area contributed by atoms with E-state index < -0.39 is 0 Å². The summed E-state index contributed by atoms with van der Waals surface area (Å²) < 4.78 is 0. The molecular formula is C12H25ClN2O. The standard InChI is InChI=1S/C12H24N2O.ClH/c1-9-4-6-11(7-5-9)14-12(15)10(2)8-13-3;/h9-11,13H,4-8H2,1-3H3,(H,14,15);1H. The van der Waals surface area contributed by atoms with Gasteiger partial charge in [0.15, 0.2) is 0 Å². The van der Waals surface area contributed by atoms with Crippen LogP contribution in [0.25, 0.3) is 0 Å². The summed E-state index contributed by atoms with van der Waals surface area (Å²) in [6.07, 6.45) is 4.81. The topological polar surface area (TPSA) is 41.1 Å². The van der Waals surface area contributed by atoms with Crippen molar-refractivity contribution < 1.29 is 4.79 Å². The monoisotopic (exact) mass is 248 g/mol. The SMILES string of the molecule is CNCC(C)C(=O)NC1CCC(C)CC1.Cl. The van der Waals surface area contributed by atoms with Crippen molar-refractivity contribution >= 4 is 18.3 Å². The second kappa shape index (κ2) is 7.91. The predicted molar refractivity (Wildman–Crippen MR) is 69.9 cm³/mol. The molecule has 1 fully saturated rings. The van der Waals surface area contributed by atoms with Crippen LogP contribution in [0, 0.1) is 11.8 Å². The Bertz CT molecular complexity index is 203. The van der Waals surface area contributed by atoms with Gasteiger partial charge in [-0.25, -0.2) is 0 Å². The zero-order valence-corrected chi connectivity index (χ0v) is 11.4. The molecule has 2 N–H and O–H groups in total. The van der Waals surface area contributed by atoms with Crippen LogP contribution in [0.15, 0.2) is 0 Å². The third kappa shape index (κ3) is 5.17. The summed E-state index contributed by atoms with van der Waals surface area (Å²) in [5.74, 6) is 1.12. The fourth-order valence-corrected chi connectivity index (χ4v) is 2.15. The Morgan fingerprint density at radius 1 is 1.31 bits per heavy atom. The van der Waals surface area contributed by atoms with Crippen LogP contribution >= 0.6 is 12.4 Å². The van der Waals surface area contributed by atoms with E-state index in [1.54, 1.807) is 0 Å². The molecule has 1 rings (SSSR count). The molecule has 0 bridgehead atoms. The molecule has 96 valence electrons. The summed E-state index contributed by atoms with van der Waals surface area (Å²) in [6.45, 7) is 5.02. The van der Waals surface area contributed by atoms with Crippen LogP contribution < -0.4 is 10.6 Å². The van der Waals surface area contributed by atoms with Gasteiger partial charge in [0.2, 0.25) is 5.91 Å². The predicted octanol–water partition coefficient (Wildman–Crippen LogP) is 1.96. The molecule has 1 aliphatic carbocycles. The zero-order chi connectivity index (χ0) is 11.3. The van der Waals surface area contributed by atoms with Gasteiger partial charge in [-0.05, 0) is 38.6 Å². The molecule has 1 aliphatic rings. The first-order chi connectivity index (χ1) is 7.13. The molecule has 0 radical (unpaired) electrons. The van der Waals surface area contributed by atoms with E-state index >= 15 is 0 Å². The summed E-state index contributed by atoms with van der Waals surface area (Å²) >= 11 is 0. The Morgan fingerprint density at radius 3 is 2.38 bits per heavy atom. The smallest absolute Gasteiger partial charge is 0.224 e. The highest BCUT2D eigenvalue weighted by Gasteiger charge is 2.21. The molecule has 1 atom stereocenters. The van der Waals surface area contributed by atoms with E-state index in [4.69, 9.17) is 0 Å². The molecule has 0 aliphatic heterocycles. The van der Waals surface area contributed by atoms with Crippen LogP contribution in [0.4, 0.5) is 0 Å². The molecule has 0 aromatic rings. The molecule has 1 saturated carbocycles. The molecule has 3 nitrogen and oxygen atoms in total. The van der Waals surface area contributed by atoms with E-state index in [1.165, 1.54) is 12.8 Å². The van der Waals surface area contributed by atoms with E-state index in [2.05, 4.69) is 17.6 Å². The van der Waals surface area contributed by atoms with Gasteiger partial charge in [0.25, 0.3) is 0 Å². The first kappa shape index (κ1) is 15.7. The van der Waals surface area contributed by atoms with E-state index in [1.807, 2.05) is 14.0 Å². The van der Waals surface area contributed by atoms with E-state index in [-0.39, 0.29) is 24.2 Å². The summed E-state index contributed by atoms with van der Waals surface area (Å²) in [5.41, 5.74) is 0. The number of halogens is 1. The van der Waals surface area contributed by atoms with Crippen molar-refractivity contribution in [3.05, 3.63) is 0 Å². The van der Waals surface area contributed by atoms with Gasteiger partial charge in [0, 0.05) is 18.5 Å². The Kier molecular flexibility index (Phi) is 7.77. The average molecular weight is 249 g/mol. The van der Waals surface area contributed by atoms with Crippen molar-refractivity contribution in [3.8, 4) is 0 Å². The fourth-order valence-electron chi connectivity index (χ4n) is 2.15.